The summed E-state index contributed by atoms with van der Waals surface area (Å²) in [5, 5.41) is 13.0. The van der Waals surface area contributed by atoms with E-state index >= 15 is 0 Å². The number of amides is 4. The number of piperidine rings is 1. The van der Waals surface area contributed by atoms with Gasteiger partial charge in [-0.1, -0.05) is 6.07 Å². The molecule has 0 saturated carbocycles. The number of unbranched alkanes of at least 4 members (excludes halogenated alkanes) is 2. The van der Waals surface area contributed by atoms with Crippen LogP contribution in [0.2, 0.25) is 0 Å². The smallest absolute Gasteiger partial charge is 0.287 e. The number of carbonyl (C=O) groups is 4. The molecule has 1 atom stereocenters. The highest BCUT2D eigenvalue weighted by atomic mass is 16.6. The number of nitrogens with one attached hydrogen (secondary N) is 1. The van der Waals surface area contributed by atoms with E-state index in [1.54, 1.807) is 24.3 Å². The number of piperazine rings is 1. The van der Waals surface area contributed by atoms with Crippen LogP contribution in [-0.4, -0.2) is 88.7 Å². The van der Waals surface area contributed by atoms with Crippen LogP contribution in [0.3, 0.4) is 0 Å². The van der Waals surface area contributed by atoms with E-state index in [-0.39, 0.29) is 29.7 Å². The van der Waals surface area contributed by atoms with Crippen LogP contribution in [0.4, 0.5) is 11.5 Å². The van der Waals surface area contributed by atoms with E-state index in [9.17, 15) is 29.3 Å². The van der Waals surface area contributed by atoms with Crippen LogP contribution in [0.15, 0.2) is 36.5 Å². The number of nitro groups is 1. The first-order valence-corrected chi connectivity index (χ1v) is 13.4. The molecule has 1 aromatic carbocycles. The highest BCUT2D eigenvalue weighted by Gasteiger charge is 2.46. The first kappa shape index (κ1) is 27.2. The Hall–Kier alpha value is -4.39. The van der Waals surface area contributed by atoms with Gasteiger partial charge >= 0.3 is 0 Å². The maximum atomic E-state index is 13.1. The maximum Gasteiger partial charge on any atom is 0.287 e. The maximum absolute atomic E-state index is 13.1. The summed E-state index contributed by atoms with van der Waals surface area (Å²) < 4.78 is 5.90. The fraction of sp³-hybridized carbons (Fsp3) is 0.444. The lowest BCUT2D eigenvalue weighted by Crippen LogP contribution is -2.54. The van der Waals surface area contributed by atoms with Crippen LogP contribution >= 0.6 is 0 Å². The fourth-order valence-corrected chi connectivity index (χ4v) is 5.27. The van der Waals surface area contributed by atoms with E-state index in [1.807, 2.05) is 0 Å². The number of aromatic nitrogens is 1. The Balaban J connectivity index is 1.05. The van der Waals surface area contributed by atoms with Gasteiger partial charge in [0, 0.05) is 38.7 Å². The van der Waals surface area contributed by atoms with Gasteiger partial charge in [-0.3, -0.25) is 44.4 Å². The zero-order valence-electron chi connectivity index (χ0n) is 21.9. The number of rotatable bonds is 10. The number of hydrogen-bond donors (Lipinski definition) is 1. The first-order valence-electron chi connectivity index (χ1n) is 13.4. The minimum Gasteiger partial charge on any atom is -0.493 e. The molecule has 5 rings (SSSR count). The summed E-state index contributed by atoms with van der Waals surface area (Å²) in [6.07, 6.45) is 4.14. The Bertz CT molecular complexity index is 1320. The highest BCUT2D eigenvalue weighted by Crippen LogP contribution is 2.33. The molecule has 40 heavy (non-hydrogen) atoms. The Morgan fingerprint density at radius 1 is 1.00 bits per heavy atom. The Kier molecular flexibility index (Phi) is 8.01. The fourth-order valence-electron chi connectivity index (χ4n) is 5.27. The number of carbonyl (C=O) groups excluding carboxylic acids is 4. The monoisotopic (exact) mass is 550 g/mol. The highest BCUT2D eigenvalue weighted by molar-refractivity contribution is 6.24. The van der Waals surface area contributed by atoms with Crippen molar-refractivity contribution in [3.8, 4) is 5.75 Å². The number of imide groups is 2. The van der Waals surface area contributed by atoms with Crippen LogP contribution in [0.5, 0.6) is 5.75 Å². The lowest BCUT2D eigenvalue weighted by Gasteiger charge is -2.35. The summed E-state index contributed by atoms with van der Waals surface area (Å²) >= 11 is 0. The van der Waals surface area contributed by atoms with E-state index in [2.05, 4.69) is 20.1 Å². The Morgan fingerprint density at radius 3 is 2.50 bits per heavy atom. The summed E-state index contributed by atoms with van der Waals surface area (Å²) in [5.74, 6) is -1.12. The van der Waals surface area contributed by atoms with Gasteiger partial charge in [-0.25, -0.2) is 4.98 Å². The summed E-state index contributed by atoms with van der Waals surface area (Å²) in [5.41, 5.74) is 0.352. The molecule has 2 aromatic rings. The minimum atomic E-state index is -1.01. The molecule has 3 aliphatic heterocycles. The average molecular weight is 551 g/mol. The first-order chi connectivity index (χ1) is 19.3. The number of hydrogen-bond acceptors (Lipinski definition) is 10. The largest absolute Gasteiger partial charge is 0.493 e. The van der Waals surface area contributed by atoms with E-state index in [0.717, 1.165) is 62.7 Å². The molecule has 1 aromatic heterocycles. The van der Waals surface area contributed by atoms with Gasteiger partial charge < -0.3 is 9.64 Å². The van der Waals surface area contributed by atoms with Crippen molar-refractivity contribution in [3.63, 3.8) is 0 Å². The molecule has 2 saturated heterocycles. The number of ether oxygens (including phenoxy) is 1. The standard InChI is InChI=1S/C27H30N6O7/c34-23-10-8-20(25(35)29-23)32-26(36)19-5-4-6-21(24(19)27(32)37)40-16-3-1-2-11-30-12-14-31(15-13-30)22-9-7-18(17-28-22)33(38)39/h4-7,9,17,20H,1-3,8,10-16H2,(H,29,34,35). The van der Waals surface area contributed by atoms with Crippen molar-refractivity contribution < 1.29 is 28.8 Å². The van der Waals surface area contributed by atoms with E-state index < -0.39 is 34.6 Å². The van der Waals surface area contributed by atoms with Crippen LogP contribution < -0.4 is 15.0 Å². The van der Waals surface area contributed by atoms with Crippen LogP contribution in [0, 0.1) is 10.1 Å². The van der Waals surface area contributed by atoms with E-state index in [4.69, 9.17) is 4.74 Å². The summed E-state index contributed by atoms with van der Waals surface area (Å²) in [7, 11) is 0. The molecule has 0 bridgehead atoms. The lowest BCUT2D eigenvalue weighted by molar-refractivity contribution is -0.385. The topological polar surface area (TPSA) is 155 Å². The van der Waals surface area contributed by atoms with Gasteiger partial charge in [0.2, 0.25) is 11.8 Å². The van der Waals surface area contributed by atoms with Crippen molar-refractivity contribution in [2.24, 2.45) is 0 Å². The third kappa shape index (κ3) is 5.64. The van der Waals surface area contributed by atoms with Crippen molar-refractivity contribution in [1.82, 2.24) is 20.1 Å². The van der Waals surface area contributed by atoms with Crippen LogP contribution in [-0.2, 0) is 9.59 Å². The number of pyridine rings is 1. The second kappa shape index (κ2) is 11.8. The van der Waals surface area contributed by atoms with Crippen molar-refractivity contribution in [1.29, 1.82) is 0 Å². The van der Waals surface area contributed by atoms with Gasteiger partial charge in [0.05, 0.1) is 22.7 Å². The Labute approximate surface area is 230 Å². The molecule has 4 heterocycles. The number of fused-ring (bicyclic) bond motifs is 1. The van der Waals surface area contributed by atoms with Gasteiger partial charge in [0.1, 0.15) is 23.8 Å². The molecule has 0 radical (unpaired) electrons. The predicted molar refractivity (Wildman–Crippen MR) is 142 cm³/mol. The summed E-state index contributed by atoms with van der Waals surface area (Å²) in [6, 6.07) is 7.00. The molecule has 0 spiro atoms. The molecule has 4 amide bonds. The molecule has 1 N–H and O–H groups in total. The molecule has 13 heteroatoms. The van der Waals surface area contributed by atoms with Crippen LogP contribution in [0.1, 0.15) is 52.8 Å². The van der Waals surface area contributed by atoms with Crippen molar-refractivity contribution in [3.05, 3.63) is 57.8 Å². The zero-order valence-corrected chi connectivity index (χ0v) is 21.9. The predicted octanol–water partition coefficient (Wildman–Crippen LogP) is 1.76. The molecule has 2 fully saturated rings. The van der Waals surface area contributed by atoms with Gasteiger partial charge in [-0.05, 0) is 50.4 Å². The second-order valence-electron chi connectivity index (χ2n) is 10.00. The van der Waals surface area contributed by atoms with Gasteiger partial charge in [-0.2, -0.15) is 0 Å². The van der Waals surface area contributed by atoms with E-state index in [0.29, 0.717) is 12.4 Å². The average Bonchev–Trinajstić information content (AvgIpc) is 3.21. The number of benzene rings is 1. The number of anilines is 1. The zero-order chi connectivity index (χ0) is 28.2. The number of nitrogens with zero attached hydrogens (tertiary/aromatic N) is 5. The summed E-state index contributed by atoms with van der Waals surface area (Å²) in [6.45, 7) is 4.69. The molecule has 13 nitrogen and oxygen atoms in total. The van der Waals surface area contributed by atoms with Crippen molar-refractivity contribution >= 4 is 35.1 Å². The lowest BCUT2D eigenvalue weighted by atomic mass is 10.0. The third-order valence-corrected chi connectivity index (χ3v) is 7.45. The normalized spacial score (nSPS) is 19.6. The SMILES string of the molecule is O=C1CCC(N2C(=O)c3cccc(OCCCCCN4CCN(c5ccc([N+](=O)[O-])cn5)CC4)c3C2=O)C(=O)N1. The van der Waals surface area contributed by atoms with Gasteiger partial charge in [0.15, 0.2) is 0 Å². The van der Waals surface area contributed by atoms with Crippen molar-refractivity contribution in [2.45, 2.75) is 38.1 Å². The van der Waals surface area contributed by atoms with Crippen LogP contribution in [0.25, 0.3) is 0 Å². The Morgan fingerprint density at radius 2 is 1.80 bits per heavy atom. The van der Waals surface area contributed by atoms with Crippen molar-refractivity contribution in [2.75, 3.05) is 44.2 Å². The molecule has 1 unspecified atom stereocenters. The molecule has 210 valence electrons. The second-order valence-corrected chi connectivity index (χ2v) is 10.00. The molecule has 0 aliphatic carbocycles. The van der Waals surface area contributed by atoms with E-state index in [1.165, 1.54) is 12.3 Å². The quantitative estimate of drug-likeness (QED) is 0.200. The minimum absolute atomic E-state index is 0.0164. The third-order valence-electron chi connectivity index (χ3n) is 7.45. The summed E-state index contributed by atoms with van der Waals surface area (Å²) in [4.78, 5) is 69.9. The molecular formula is C27H30N6O7. The molecular weight excluding hydrogens is 520 g/mol. The van der Waals surface area contributed by atoms with Gasteiger partial charge in [-0.15, -0.1) is 0 Å². The van der Waals surface area contributed by atoms with Gasteiger partial charge in [0.25, 0.3) is 17.5 Å². The molecule has 3 aliphatic rings.